The molecule has 1 N–H and O–H groups in total. The monoisotopic (exact) mass is 480 g/mol. The molecule has 8 nitrogen and oxygen atoms in total. The molecule has 0 radical (unpaired) electrons. The molecule has 0 aliphatic carbocycles. The van der Waals surface area contributed by atoms with Gasteiger partial charge in [-0.25, -0.2) is 13.4 Å². The number of anilines is 1. The van der Waals surface area contributed by atoms with Crippen molar-refractivity contribution in [3.63, 3.8) is 0 Å². The predicted molar refractivity (Wildman–Crippen MR) is 119 cm³/mol. The van der Waals surface area contributed by atoms with E-state index in [2.05, 4.69) is 16.4 Å². The molecule has 0 atom stereocenters. The van der Waals surface area contributed by atoms with E-state index in [1.54, 1.807) is 6.07 Å². The number of aryl methyl sites for hydroxylation is 2. The number of sulfonamides is 1. The summed E-state index contributed by atoms with van der Waals surface area (Å²) in [6, 6.07) is 8.26. The van der Waals surface area contributed by atoms with Crippen LogP contribution in [0.25, 0.3) is 0 Å². The molecule has 1 fully saturated rings. The fourth-order valence-corrected chi connectivity index (χ4v) is 5.89. The third kappa shape index (κ3) is 5.56. The molecular weight excluding hydrogens is 460 g/mol. The van der Waals surface area contributed by atoms with Crippen LogP contribution in [0.2, 0.25) is 5.02 Å². The number of morpholine rings is 1. The van der Waals surface area contributed by atoms with Gasteiger partial charge in [-0.05, 0) is 43.7 Å². The summed E-state index contributed by atoms with van der Waals surface area (Å²) >= 11 is 7.30. The molecule has 0 bridgehead atoms. The maximum Gasteiger partial charge on any atom is 0.244 e. The van der Waals surface area contributed by atoms with Gasteiger partial charge in [0.25, 0.3) is 0 Å². The van der Waals surface area contributed by atoms with Crippen LogP contribution in [0.5, 0.6) is 0 Å². The second-order valence-electron chi connectivity index (χ2n) is 6.87. The fourth-order valence-electron chi connectivity index (χ4n) is 3.08. The Morgan fingerprint density at radius 1 is 1.32 bits per heavy atom. The van der Waals surface area contributed by atoms with Gasteiger partial charge in [0.15, 0.2) is 0 Å². The molecule has 1 aromatic heterocycles. The topological polar surface area (TPSA) is 112 Å². The molecule has 1 saturated heterocycles. The molecule has 0 unspecified atom stereocenters. The standard InChI is InChI=1S/C20H21ClN4O4S2/c1-13-9-14(2)23-20(16(13)11-22)30-12-19(26)24-15-3-4-17(21)18(10-15)31(27,28)25-5-7-29-8-6-25/h3-4,9-10H,5-8,12H2,1-2H3,(H,24,26). The van der Waals surface area contributed by atoms with Gasteiger partial charge in [-0.1, -0.05) is 23.4 Å². The first kappa shape index (κ1) is 23.5. The molecule has 2 heterocycles. The maximum absolute atomic E-state index is 12.9. The lowest BCUT2D eigenvalue weighted by Gasteiger charge is -2.26. The van der Waals surface area contributed by atoms with E-state index in [1.165, 1.54) is 16.4 Å². The van der Waals surface area contributed by atoms with E-state index in [0.29, 0.717) is 29.5 Å². The first-order chi connectivity index (χ1) is 14.7. The van der Waals surface area contributed by atoms with E-state index < -0.39 is 10.0 Å². The van der Waals surface area contributed by atoms with E-state index in [-0.39, 0.29) is 34.7 Å². The van der Waals surface area contributed by atoms with Crippen LogP contribution in [-0.4, -0.2) is 55.7 Å². The van der Waals surface area contributed by atoms with Gasteiger partial charge in [-0.15, -0.1) is 0 Å². The smallest absolute Gasteiger partial charge is 0.244 e. The number of hydrogen-bond acceptors (Lipinski definition) is 7. The van der Waals surface area contributed by atoms with Crippen LogP contribution in [0.1, 0.15) is 16.8 Å². The van der Waals surface area contributed by atoms with Crippen molar-refractivity contribution < 1.29 is 17.9 Å². The summed E-state index contributed by atoms with van der Waals surface area (Å²) in [5.41, 5.74) is 2.31. The lowest BCUT2D eigenvalue weighted by atomic mass is 10.1. The van der Waals surface area contributed by atoms with Crippen LogP contribution in [-0.2, 0) is 19.6 Å². The van der Waals surface area contributed by atoms with Gasteiger partial charge in [-0.3, -0.25) is 4.79 Å². The summed E-state index contributed by atoms with van der Waals surface area (Å²) < 4.78 is 32.4. The first-order valence-electron chi connectivity index (χ1n) is 9.41. The minimum Gasteiger partial charge on any atom is -0.379 e. The van der Waals surface area contributed by atoms with Gasteiger partial charge in [0, 0.05) is 24.5 Å². The van der Waals surface area contributed by atoms with Crippen molar-refractivity contribution in [2.24, 2.45) is 0 Å². The van der Waals surface area contributed by atoms with Crippen LogP contribution in [0.3, 0.4) is 0 Å². The fraction of sp³-hybridized carbons (Fsp3) is 0.350. The Morgan fingerprint density at radius 3 is 2.71 bits per heavy atom. The molecule has 11 heteroatoms. The van der Waals surface area contributed by atoms with Gasteiger partial charge >= 0.3 is 0 Å². The van der Waals surface area contributed by atoms with Crippen molar-refractivity contribution in [1.29, 1.82) is 5.26 Å². The number of carbonyl (C=O) groups is 1. The summed E-state index contributed by atoms with van der Waals surface area (Å²) in [7, 11) is -3.81. The Balaban J connectivity index is 1.73. The lowest BCUT2D eigenvalue weighted by Crippen LogP contribution is -2.40. The van der Waals surface area contributed by atoms with Crippen LogP contribution < -0.4 is 5.32 Å². The number of ether oxygens (including phenoxy) is 1. The van der Waals surface area contributed by atoms with Crippen LogP contribution in [0.15, 0.2) is 34.2 Å². The molecule has 0 spiro atoms. The molecular formula is C20H21ClN4O4S2. The molecule has 164 valence electrons. The van der Waals surface area contributed by atoms with Crippen molar-refractivity contribution in [2.75, 3.05) is 37.4 Å². The van der Waals surface area contributed by atoms with Gasteiger partial charge in [0.2, 0.25) is 15.9 Å². The highest BCUT2D eigenvalue weighted by atomic mass is 35.5. The summed E-state index contributed by atoms with van der Waals surface area (Å²) in [5, 5.41) is 12.6. The SMILES string of the molecule is Cc1cc(C)c(C#N)c(SCC(=O)Nc2ccc(Cl)c(S(=O)(=O)N3CCOCC3)c2)n1. The van der Waals surface area contributed by atoms with E-state index in [0.717, 1.165) is 23.0 Å². The number of nitrogens with one attached hydrogen (secondary N) is 1. The molecule has 1 aliphatic rings. The Hall–Kier alpha value is -2.16. The lowest BCUT2D eigenvalue weighted by molar-refractivity contribution is -0.113. The van der Waals surface area contributed by atoms with E-state index in [1.807, 2.05) is 19.9 Å². The number of pyridine rings is 1. The second kappa shape index (κ2) is 9.97. The van der Waals surface area contributed by atoms with Gasteiger partial charge in [0.1, 0.15) is 16.0 Å². The summed E-state index contributed by atoms with van der Waals surface area (Å²) in [6.07, 6.45) is 0. The number of halogens is 1. The molecule has 1 aromatic carbocycles. The second-order valence-corrected chi connectivity index (χ2v) is 10.1. The Kier molecular flexibility index (Phi) is 7.56. The van der Waals surface area contributed by atoms with Gasteiger partial charge in [-0.2, -0.15) is 9.57 Å². The Bertz CT molecular complexity index is 1140. The van der Waals surface area contributed by atoms with Gasteiger partial charge < -0.3 is 10.1 Å². The highest BCUT2D eigenvalue weighted by Crippen LogP contribution is 2.29. The molecule has 1 aliphatic heterocycles. The number of aromatic nitrogens is 1. The number of benzene rings is 1. The summed E-state index contributed by atoms with van der Waals surface area (Å²) in [4.78, 5) is 16.7. The number of nitriles is 1. The number of amides is 1. The third-order valence-corrected chi connectivity index (χ3v) is 7.92. The van der Waals surface area contributed by atoms with Crippen molar-refractivity contribution in [3.05, 3.63) is 46.1 Å². The number of thioether (sulfide) groups is 1. The van der Waals surface area contributed by atoms with E-state index >= 15 is 0 Å². The molecule has 3 rings (SSSR count). The zero-order chi connectivity index (χ0) is 22.6. The van der Waals surface area contributed by atoms with E-state index in [4.69, 9.17) is 16.3 Å². The molecule has 31 heavy (non-hydrogen) atoms. The largest absolute Gasteiger partial charge is 0.379 e. The average molecular weight is 481 g/mol. The van der Waals surface area contributed by atoms with Crippen LogP contribution in [0.4, 0.5) is 5.69 Å². The molecule has 1 amide bonds. The van der Waals surface area contributed by atoms with Crippen molar-refractivity contribution in [1.82, 2.24) is 9.29 Å². The van der Waals surface area contributed by atoms with Crippen molar-refractivity contribution >= 4 is 45.0 Å². The third-order valence-electron chi connectivity index (χ3n) is 4.57. The average Bonchev–Trinajstić information content (AvgIpc) is 2.74. The first-order valence-corrected chi connectivity index (χ1v) is 12.2. The minimum absolute atomic E-state index is 0.0126. The summed E-state index contributed by atoms with van der Waals surface area (Å²) in [5.74, 6) is -0.342. The van der Waals surface area contributed by atoms with Crippen LogP contribution in [0, 0.1) is 25.2 Å². The van der Waals surface area contributed by atoms with Gasteiger partial charge in [0.05, 0.1) is 29.6 Å². The maximum atomic E-state index is 12.9. The quantitative estimate of drug-likeness (QED) is 0.632. The minimum atomic E-state index is -3.81. The normalized spacial score (nSPS) is 14.8. The van der Waals surface area contributed by atoms with E-state index in [9.17, 15) is 18.5 Å². The Morgan fingerprint density at radius 2 is 2.03 bits per heavy atom. The van der Waals surface area contributed by atoms with Crippen molar-refractivity contribution in [3.8, 4) is 6.07 Å². The summed E-state index contributed by atoms with van der Waals surface area (Å²) in [6.45, 7) is 4.78. The van der Waals surface area contributed by atoms with Crippen molar-refractivity contribution in [2.45, 2.75) is 23.8 Å². The number of hydrogen-bond donors (Lipinski definition) is 1. The number of rotatable bonds is 6. The highest BCUT2D eigenvalue weighted by molar-refractivity contribution is 8.00. The number of carbonyl (C=O) groups excluding carboxylic acids is 1. The zero-order valence-electron chi connectivity index (χ0n) is 17.0. The molecule has 0 saturated carbocycles. The number of nitrogens with zero attached hydrogens (tertiary/aromatic N) is 3. The zero-order valence-corrected chi connectivity index (χ0v) is 19.4. The Labute approximate surface area is 190 Å². The molecule has 2 aromatic rings. The highest BCUT2D eigenvalue weighted by Gasteiger charge is 2.28. The van der Waals surface area contributed by atoms with Crippen LogP contribution >= 0.6 is 23.4 Å². The predicted octanol–water partition coefficient (Wildman–Crippen LogP) is 2.98.